The molecule has 1 aliphatic carbocycles. The van der Waals surface area contributed by atoms with Gasteiger partial charge < -0.3 is 14.5 Å². The summed E-state index contributed by atoms with van der Waals surface area (Å²) in [6.07, 6.45) is 5.46. The number of carbonyl (C=O) groups is 2. The zero-order valence-electron chi connectivity index (χ0n) is 16.9. The largest absolute Gasteiger partial charge is 0.497 e. The Labute approximate surface area is 172 Å². The highest BCUT2D eigenvalue weighted by molar-refractivity contribution is 5.95. The molecule has 29 heavy (non-hydrogen) atoms. The van der Waals surface area contributed by atoms with Crippen LogP contribution in [0.1, 0.15) is 49.3 Å². The Balaban J connectivity index is 1.67. The second-order valence-corrected chi connectivity index (χ2v) is 7.94. The van der Waals surface area contributed by atoms with Crippen molar-refractivity contribution in [3.05, 3.63) is 65.7 Å². The molecule has 1 heterocycles. The number of carbonyl (C=O) groups excluding carboxylic acids is 2. The number of methoxy groups -OCH3 is 1. The third-order valence-corrected chi connectivity index (χ3v) is 6.10. The van der Waals surface area contributed by atoms with Crippen molar-refractivity contribution in [1.29, 1.82) is 0 Å². The molecule has 2 amide bonds. The lowest BCUT2D eigenvalue weighted by Gasteiger charge is -2.44. The van der Waals surface area contributed by atoms with E-state index in [4.69, 9.17) is 4.74 Å². The Morgan fingerprint density at radius 1 is 0.931 bits per heavy atom. The van der Waals surface area contributed by atoms with Crippen LogP contribution in [0.4, 0.5) is 0 Å². The lowest BCUT2D eigenvalue weighted by Crippen LogP contribution is -2.58. The molecule has 1 saturated carbocycles. The molecule has 5 heteroatoms. The van der Waals surface area contributed by atoms with Crippen molar-refractivity contribution in [2.45, 2.75) is 50.7 Å². The Kier molecular flexibility index (Phi) is 5.84. The summed E-state index contributed by atoms with van der Waals surface area (Å²) in [5.74, 6) is 0.791. The molecule has 4 rings (SSSR count). The molecule has 0 N–H and O–H groups in total. The summed E-state index contributed by atoms with van der Waals surface area (Å²) in [5, 5.41) is 0. The summed E-state index contributed by atoms with van der Waals surface area (Å²) in [5.41, 5.74) is 1.86. The first kappa shape index (κ1) is 19.5. The van der Waals surface area contributed by atoms with E-state index in [1.54, 1.807) is 12.0 Å². The van der Waals surface area contributed by atoms with Gasteiger partial charge in [0.15, 0.2) is 0 Å². The van der Waals surface area contributed by atoms with Crippen molar-refractivity contribution in [3.8, 4) is 5.75 Å². The number of hydrogen-bond acceptors (Lipinski definition) is 3. The van der Waals surface area contributed by atoms with E-state index in [0.717, 1.165) is 42.6 Å². The molecule has 0 bridgehead atoms. The van der Waals surface area contributed by atoms with Gasteiger partial charge in [-0.3, -0.25) is 9.59 Å². The molecule has 0 spiro atoms. The number of amides is 2. The summed E-state index contributed by atoms with van der Waals surface area (Å²) in [6, 6.07) is 17.0. The lowest BCUT2D eigenvalue weighted by molar-refractivity contribution is -0.160. The third kappa shape index (κ3) is 4.14. The summed E-state index contributed by atoms with van der Waals surface area (Å²) in [7, 11) is 1.62. The number of rotatable bonds is 5. The number of ether oxygens (including phenoxy) is 1. The molecule has 2 aromatic rings. The van der Waals surface area contributed by atoms with Gasteiger partial charge >= 0.3 is 0 Å². The summed E-state index contributed by atoms with van der Waals surface area (Å²) in [4.78, 5) is 30.4. The van der Waals surface area contributed by atoms with E-state index >= 15 is 0 Å². The van der Waals surface area contributed by atoms with E-state index in [1.165, 1.54) is 6.42 Å². The molecule has 5 nitrogen and oxygen atoms in total. The minimum Gasteiger partial charge on any atom is -0.497 e. The van der Waals surface area contributed by atoms with Crippen LogP contribution in [0.5, 0.6) is 5.75 Å². The summed E-state index contributed by atoms with van der Waals surface area (Å²) >= 11 is 0. The molecule has 152 valence electrons. The minimum atomic E-state index is -0.593. The predicted molar refractivity (Wildman–Crippen MR) is 111 cm³/mol. The fourth-order valence-electron chi connectivity index (χ4n) is 4.52. The van der Waals surface area contributed by atoms with E-state index in [2.05, 4.69) is 0 Å². The van der Waals surface area contributed by atoms with Gasteiger partial charge in [0.2, 0.25) is 5.91 Å². The fraction of sp³-hybridized carbons (Fsp3) is 0.417. The maximum atomic E-state index is 13.6. The van der Waals surface area contributed by atoms with Crippen LogP contribution in [0.25, 0.3) is 0 Å². The molecule has 0 radical (unpaired) electrons. The molecule has 0 aromatic heterocycles. The first-order chi connectivity index (χ1) is 14.2. The van der Waals surface area contributed by atoms with Crippen molar-refractivity contribution in [2.24, 2.45) is 0 Å². The number of benzene rings is 2. The van der Waals surface area contributed by atoms with Crippen LogP contribution in [0, 0.1) is 0 Å². The molecule has 2 fully saturated rings. The normalized spacial score (nSPS) is 20.8. The Morgan fingerprint density at radius 2 is 1.62 bits per heavy atom. The highest BCUT2D eigenvalue weighted by Crippen LogP contribution is 2.34. The van der Waals surface area contributed by atoms with Crippen LogP contribution >= 0.6 is 0 Å². The zero-order valence-corrected chi connectivity index (χ0v) is 16.9. The summed E-state index contributed by atoms with van der Waals surface area (Å²) in [6.45, 7) is 0.615. The number of hydrogen-bond donors (Lipinski definition) is 0. The van der Waals surface area contributed by atoms with E-state index in [0.29, 0.717) is 6.54 Å². The maximum Gasteiger partial charge on any atom is 0.250 e. The van der Waals surface area contributed by atoms with E-state index in [-0.39, 0.29) is 24.4 Å². The van der Waals surface area contributed by atoms with Crippen LogP contribution in [-0.2, 0) is 16.1 Å². The maximum absolute atomic E-state index is 13.6. The van der Waals surface area contributed by atoms with Gasteiger partial charge in [-0.1, -0.05) is 61.7 Å². The summed E-state index contributed by atoms with van der Waals surface area (Å²) < 4.78 is 5.27. The van der Waals surface area contributed by atoms with Crippen LogP contribution in [0.2, 0.25) is 0 Å². The van der Waals surface area contributed by atoms with Crippen molar-refractivity contribution in [1.82, 2.24) is 9.80 Å². The highest BCUT2D eigenvalue weighted by Gasteiger charge is 2.42. The lowest BCUT2D eigenvalue weighted by atomic mass is 9.91. The first-order valence-corrected chi connectivity index (χ1v) is 10.4. The van der Waals surface area contributed by atoms with Gasteiger partial charge in [-0.05, 0) is 36.1 Å². The molecule has 1 aliphatic heterocycles. The SMILES string of the molecule is COc1ccc([C@@H]2C(=O)N(C3CCCCC3)CC(=O)N2Cc2ccccc2)cc1. The van der Waals surface area contributed by atoms with E-state index in [9.17, 15) is 9.59 Å². The molecule has 1 saturated heterocycles. The zero-order chi connectivity index (χ0) is 20.2. The third-order valence-electron chi connectivity index (χ3n) is 6.10. The van der Waals surface area contributed by atoms with Crippen LogP contribution in [0.15, 0.2) is 54.6 Å². The smallest absolute Gasteiger partial charge is 0.250 e. The van der Waals surface area contributed by atoms with Gasteiger partial charge in [0, 0.05) is 12.6 Å². The Bertz CT molecular complexity index is 844. The van der Waals surface area contributed by atoms with Gasteiger partial charge in [-0.15, -0.1) is 0 Å². The van der Waals surface area contributed by atoms with Crippen molar-refractivity contribution in [2.75, 3.05) is 13.7 Å². The van der Waals surface area contributed by atoms with Crippen molar-refractivity contribution < 1.29 is 14.3 Å². The second kappa shape index (κ2) is 8.68. The quantitative estimate of drug-likeness (QED) is 0.774. The second-order valence-electron chi connectivity index (χ2n) is 7.94. The van der Waals surface area contributed by atoms with E-state index < -0.39 is 6.04 Å². The van der Waals surface area contributed by atoms with Gasteiger partial charge in [-0.25, -0.2) is 0 Å². The van der Waals surface area contributed by atoms with Gasteiger partial charge in [-0.2, -0.15) is 0 Å². The van der Waals surface area contributed by atoms with Crippen molar-refractivity contribution >= 4 is 11.8 Å². The molecule has 2 aromatic carbocycles. The topological polar surface area (TPSA) is 49.9 Å². The standard InChI is InChI=1S/C24H28N2O3/c1-29-21-14-12-19(13-15-21)23-24(28)25(20-10-6-3-7-11-20)17-22(27)26(23)16-18-8-4-2-5-9-18/h2,4-5,8-9,12-15,20,23H,3,6-7,10-11,16-17H2,1H3/t23-/m1/s1. The van der Waals surface area contributed by atoms with Crippen LogP contribution < -0.4 is 4.74 Å². The van der Waals surface area contributed by atoms with Crippen LogP contribution in [0.3, 0.4) is 0 Å². The van der Waals surface area contributed by atoms with Gasteiger partial charge in [0.05, 0.1) is 7.11 Å². The predicted octanol–water partition coefficient (Wildman–Crippen LogP) is 3.94. The highest BCUT2D eigenvalue weighted by atomic mass is 16.5. The average Bonchev–Trinajstić information content (AvgIpc) is 2.78. The number of nitrogens with zero attached hydrogens (tertiary/aromatic N) is 2. The Morgan fingerprint density at radius 3 is 2.28 bits per heavy atom. The molecular formula is C24H28N2O3. The van der Waals surface area contributed by atoms with Crippen LogP contribution in [-0.4, -0.2) is 41.3 Å². The average molecular weight is 392 g/mol. The van der Waals surface area contributed by atoms with Crippen molar-refractivity contribution in [3.63, 3.8) is 0 Å². The fourth-order valence-corrected chi connectivity index (χ4v) is 4.52. The van der Waals surface area contributed by atoms with E-state index in [1.807, 2.05) is 59.5 Å². The minimum absolute atomic E-state index is 0.0137. The number of piperazine rings is 1. The monoisotopic (exact) mass is 392 g/mol. The molecule has 2 aliphatic rings. The van der Waals surface area contributed by atoms with Gasteiger partial charge in [0.25, 0.3) is 5.91 Å². The molecular weight excluding hydrogens is 364 g/mol. The first-order valence-electron chi connectivity index (χ1n) is 10.4. The molecule has 0 unspecified atom stereocenters. The van der Waals surface area contributed by atoms with Gasteiger partial charge in [0.1, 0.15) is 18.3 Å². The Hall–Kier alpha value is -2.82. The molecule has 1 atom stereocenters.